The van der Waals surface area contributed by atoms with Crippen LogP contribution in [-0.4, -0.2) is 5.91 Å². The van der Waals surface area contributed by atoms with Gasteiger partial charge in [-0.3, -0.25) is 4.79 Å². The van der Waals surface area contributed by atoms with Gasteiger partial charge in [0.25, 0.3) is 0 Å². The number of hydrogen-bond donors (Lipinski definition) is 1. The van der Waals surface area contributed by atoms with Crippen molar-refractivity contribution in [3.8, 4) is 0 Å². The molecule has 0 saturated carbocycles. The molecule has 0 fully saturated rings. The first-order valence-corrected chi connectivity index (χ1v) is 8.39. The zero-order valence-corrected chi connectivity index (χ0v) is 14.8. The van der Waals surface area contributed by atoms with Crippen LogP contribution in [0.2, 0.25) is 0 Å². The molecule has 0 aliphatic heterocycles. The van der Waals surface area contributed by atoms with Crippen molar-refractivity contribution in [2.75, 3.05) is 5.32 Å². The molecule has 0 unspecified atom stereocenters. The van der Waals surface area contributed by atoms with Gasteiger partial charge >= 0.3 is 0 Å². The van der Waals surface area contributed by atoms with Gasteiger partial charge in [0, 0.05) is 21.8 Å². The molecule has 23 heavy (non-hydrogen) atoms. The quantitative estimate of drug-likeness (QED) is 0.699. The highest BCUT2D eigenvalue weighted by atomic mass is 79.9. The van der Waals surface area contributed by atoms with Crippen LogP contribution in [0.5, 0.6) is 0 Å². The number of carbonyl (C=O) groups excluding carboxylic acids is 1. The largest absolute Gasteiger partial charge is 0.322 e. The van der Waals surface area contributed by atoms with E-state index in [1.54, 1.807) is 12.1 Å². The maximum atomic E-state index is 13.7. The van der Waals surface area contributed by atoms with Crippen molar-refractivity contribution in [1.82, 2.24) is 0 Å². The van der Waals surface area contributed by atoms with Crippen LogP contribution >= 0.6 is 15.9 Å². The number of benzene rings is 2. The first-order valence-electron chi connectivity index (χ1n) is 7.60. The second kappa shape index (κ2) is 8.06. The Bertz CT molecular complexity index is 718. The van der Waals surface area contributed by atoms with E-state index in [1.807, 2.05) is 18.2 Å². The van der Waals surface area contributed by atoms with Crippen LogP contribution < -0.4 is 5.32 Å². The summed E-state index contributed by atoms with van der Waals surface area (Å²) in [6.45, 7) is 4.11. The SMILES string of the molecule is CCc1cccc(CC)c1NC(=O)/C=C/c1cc(Br)ccc1F. The first kappa shape index (κ1) is 17.4. The molecule has 4 heteroatoms. The average molecular weight is 376 g/mol. The van der Waals surface area contributed by atoms with Gasteiger partial charge < -0.3 is 5.32 Å². The number of nitrogens with one attached hydrogen (secondary N) is 1. The van der Waals surface area contributed by atoms with Crippen molar-refractivity contribution >= 4 is 33.6 Å². The maximum Gasteiger partial charge on any atom is 0.248 e. The Balaban J connectivity index is 2.20. The van der Waals surface area contributed by atoms with Crippen LogP contribution in [0.1, 0.15) is 30.5 Å². The molecule has 1 N–H and O–H groups in total. The van der Waals surface area contributed by atoms with E-state index in [1.165, 1.54) is 18.2 Å². The Kier molecular flexibility index (Phi) is 6.11. The predicted octanol–water partition coefficient (Wildman–Crippen LogP) is 5.36. The van der Waals surface area contributed by atoms with Gasteiger partial charge in [-0.25, -0.2) is 4.39 Å². The van der Waals surface area contributed by atoms with Crippen LogP contribution in [0.15, 0.2) is 46.9 Å². The average Bonchev–Trinajstić information content (AvgIpc) is 2.55. The minimum absolute atomic E-state index is 0.264. The molecular formula is C19H19BrFNO. The van der Waals surface area contributed by atoms with Gasteiger partial charge in [0.2, 0.25) is 5.91 Å². The Morgan fingerprint density at radius 1 is 1.17 bits per heavy atom. The van der Waals surface area contributed by atoms with Gasteiger partial charge in [0.15, 0.2) is 0 Å². The molecule has 0 radical (unpaired) electrons. The van der Waals surface area contributed by atoms with Crippen molar-refractivity contribution in [3.05, 3.63) is 69.5 Å². The molecule has 2 rings (SSSR count). The maximum absolute atomic E-state index is 13.7. The fraction of sp³-hybridized carbons (Fsp3) is 0.211. The number of para-hydroxylation sites is 1. The molecule has 0 atom stereocenters. The Morgan fingerprint density at radius 2 is 1.83 bits per heavy atom. The van der Waals surface area contributed by atoms with Crippen molar-refractivity contribution in [2.24, 2.45) is 0 Å². The number of hydrogen-bond acceptors (Lipinski definition) is 1. The third kappa shape index (κ3) is 4.52. The van der Waals surface area contributed by atoms with Gasteiger partial charge in [-0.15, -0.1) is 0 Å². The summed E-state index contributed by atoms with van der Waals surface area (Å²) < 4.78 is 14.4. The zero-order chi connectivity index (χ0) is 16.8. The van der Waals surface area contributed by atoms with Gasteiger partial charge in [-0.05, 0) is 48.2 Å². The lowest BCUT2D eigenvalue weighted by atomic mass is 10.0. The summed E-state index contributed by atoms with van der Waals surface area (Å²) in [6.07, 6.45) is 4.52. The summed E-state index contributed by atoms with van der Waals surface area (Å²) >= 11 is 3.29. The molecule has 120 valence electrons. The summed E-state index contributed by atoms with van der Waals surface area (Å²) in [4.78, 5) is 12.2. The van der Waals surface area contributed by atoms with E-state index in [2.05, 4.69) is 35.1 Å². The number of rotatable bonds is 5. The number of amides is 1. The Morgan fingerprint density at radius 3 is 2.43 bits per heavy atom. The molecular weight excluding hydrogens is 357 g/mol. The van der Waals surface area contributed by atoms with Gasteiger partial charge in [0.1, 0.15) is 5.82 Å². The van der Waals surface area contributed by atoms with Gasteiger partial charge in [-0.1, -0.05) is 48.0 Å². The van der Waals surface area contributed by atoms with Crippen LogP contribution in [0, 0.1) is 5.82 Å². The van der Waals surface area contributed by atoms with E-state index in [9.17, 15) is 9.18 Å². The van der Waals surface area contributed by atoms with E-state index in [4.69, 9.17) is 0 Å². The van der Waals surface area contributed by atoms with Crippen molar-refractivity contribution < 1.29 is 9.18 Å². The number of carbonyl (C=O) groups is 1. The van der Waals surface area contributed by atoms with E-state index < -0.39 is 0 Å². The van der Waals surface area contributed by atoms with E-state index in [-0.39, 0.29) is 11.7 Å². The summed E-state index contributed by atoms with van der Waals surface area (Å²) in [6, 6.07) is 10.6. The van der Waals surface area contributed by atoms with Crippen molar-refractivity contribution in [3.63, 3.8) is 0 Å². The molecule has 0 heterocycles. The second-order valence-electron chi connectivity index (χ2n) is 5.15. The first-order chi connectivity index (χ1) is 11.0. The zero-order valence-electron chi connectivity index (χ0n) is 13.2. The molecule has 2 aromatic rings. The Hall–Kier alpha value is -1.94. The molecule has 0 spiro atoms. The summed E-state index contributed by atoms with van der Waals surface area (Å²) in [5.41, 5.74) is 3.43. The molecule has 0 saturated heterocycles. The van der Waals surface area contributed by atoms with Crippen LogP contribution in [0.25, 0.3) is 6.08 Å². The highest BCUT2D eigenvalue weighted by Crippen LogP contribution is 2.23. The van der Waals surface area contributed by atoms with Crippen molar-refractivity contribution in [2.45, 2.75) is 26.7 Å². The van der Waals surface area contributed by atoms with E-state index in [0.29, 0.717) is 5.56 Å². The van der Waals surface area contributed by atoms with Crippen LogP contribution in [-0.2, 0) is 17.6 Å². The molecule has 0 aliphatic rings. The number of aryl methyl sites for hydroxylation is 2. The lowest BCUT2D eigenvalue weighted by Gasteiger charge is -2.13. The van der Waals surface area contributed by atoms with Crippen molar-refractivity contribution in [1.29, 1.82) is 0 Å². The molecule has 1 amide bonds. The summed E-state index contributed by atoms with van der Waals surface area (Å²) in [5.74, 6) is -0.625. The monoisotopic (exact) mass is 375 g/mol. The third-order valence-electron chi connectivity index (χ3n) is 3.62. The number of anilines is 1. The highest BCUT2D eigenvalue weighted by molar-refractivity contribution is 9.10. The lowest BCUT2D eigenvalue weighted by Crippen LogP contribution is -2.11. The smallest absolute Gasteiger partial charge is 0.248 e. The normalized spacial score (nSPS) is 11.0. The highest BCUT2D eigenvalue weighted by Gasteiger charge is 2.08. The molecule has 2 nitrogen and oxygen atoms in total. The Labute approximate surface area is 144 Å². The minimum atomic E-state index is -0.361. The van der Waals surface area contributed by atoms with Crippen LogP contribution in [0.4, 0.5) is 10.1 Å². The molecule has 2 aromatic carbocycles. The van der Waals surface area contributed by atoms with Crippen LogP contribution in [0.3, 0.4) is 0 Å². The van der Waals surface area contributed by atoms with E-state index >= 15 is 0 Å². The topological polar surface area (TPSA) is 29.1 Å². The molecule has 0 aliphatic carbocycles. The fourth-order valence-corrected chi connectivity index (χ4v) is 2.75. The standard InChI is InChI=1S/C19H19BrFNO/c1-3-13-6-5-7-14(4-2)19(13)22-18(23)11-8-15-12-16(20)9-10-17(15)21/h5-12H,3-4H2,1-2H3,(H,22,23)/b11-8+. The minimum Gasteiger partial charge on any atom is -0.322 e. The molecule has 0 bridgehead atoms. The summed E-state index contributed by atoms with van der Waals surface area (Å²) in [5, 5.41) is 2.93. The predicted molar refractivity (Wildman–Crippen MR) is 97.0 cm³/mol. The summed E-state index contributed by atoms with van der Waals surface area (Å²) in [7, 11) is 0. The fourth-order valence-electron chi connectivity index (χ4n) is 2.38. The lowest BCUT2D eigenvalue weighted by molar-refractivity contribution is -0.111. The second-order valence-corrected chi connectivity index (χ2v) is 6.06. The van der Waals surface area contributed by atoms with Gasteiger partial charge in [-0.2, -0.15) is 0 Å². The molecule has 0 aromatic heterocycles. The third-order valence-corrected chi connectivity index (χ3v) is 4.11. The van der Waals surface area contributed by atoms with E-state index in [0.717, 1.165) is 34.1 Å². The number of halogens is 2. The van der Waals surface area contributed by atoms with Gasteiger partial charge in [0.05, 0.1) is 0 Å².